The van der Waals surface area contributed by atoms with Crippen molar-refractivity contribution < 1.29 is 0 Å². The molecule has 3 rings (SSSR count). The molecular formula is C29H44. The van der Waals surface area contributed by atoms with Gasteiger partial charge < -0.3 is 0 Å². The Labute approximate surface area is 180 Å². The van der Waals surface area contributed by atoms with Crippen LogP contribution >= 0.6 is 0 Å². The molecule has 0 fully saturated rings. The largest absolute Gasteiger partial charge is 0.0804 e. The average Bonchev–Trinajstić information content (AvgIpc) is 2.78. The highest BCUT2D eigenvalue weighted by atomic mass is 14.2. The summed E-state index contributed by atoms with van der Waals surface area (Å²) in [5.41, 5.74) is 6.10. The Kier molecular flexibility index (Phi) is 9.58. The van der Waals surface area contributed by atoms with Crippen LogP contribution in [0.4, 0.5) is 0 Å². The molecule has 2 aliphatic carbocycles. The van der Waals surface area contributed by atoms with Crippen LogP contribution < -0.4 is 0 Å². The molecule has 2 aliphatic rings. The van der Waals surface area contributed by atoms with Crippen LogP contribution in [0.15, 0.2) is 36.4 Å². The van der Waals surface area contributed by atoms with Gasteiger partial charge in [-0.05, 0) is 72.6 Å². The van der Waals surface area contributed by atoms with Gasteiger partial charge in [-0.1, -0.05) is 108 Å². The first-order valence-corrected chi connectivity index (χ1v) is 12.8. The van der Waals surface area contributed by atoms with Crippen molar-refractivity contribution in [2.24, 2.45) is 11.8 Å². The van der Waals surface area contributed by atoms with Crippen LogP contribution in [-0.2, 0) is 0 Å². The molecule has 0 nitrogen and oxygen atoms in total. The predicted molar refractivity (Wildman–Crippen MR) is 130 cm³/mol. The molecule has 2 unspecified atom stereocenters. The Morgan fingerprint density at radius 1 is 0.621 bits per heavy atom. The summed E-state index contributed by atoms with van der Waals surface area (Å²) in [6, 6.07) is 9.53. The molecule has 0 heteroatoms. The van der Waals surface area contributed by atoms with Gasteiger partial charge in [-0.2, -0.15) is 0 Å². The van der Waals surface area contributed by atoms with E-state index in [1.165, 1.54) is 107 Å². The molecule has 0 heterocycles. The highest BCUT2D eigenvalue weighted by Gasteiger charge is 2.17. The van der Waals surface area contributed by atoms with Gasteiger partial charge in [-0.25, -0.2) is 0 Å². The van der Waals surface area contributed by atoms with Gasteiger partial charge in [0.15, 0.2) is 0 Å². The van der Waals surface area contributed by atoms with Crippen molar-refractivity contribution in [2.75, 3.05) is 0 Å². The lowest BCUT2D eigenvalue weighted by atomic mass is 9.82. The van der Waals surface area contributed by atoms with E-state index in [1.807, 2.05) is 0 Å². The first kappa shape index (κ1) is 22.4. The van der Waals surface area contributed by atoms with Crippen LogP contribution in [0.2, 0.25) is 0 Å². The lowest BCUT2D eigenvalue weighted by Crippen LogP contribution is -2.06. The van der Waals surface area contributed by atoms with Crippen molar-refractivity contribution in [3.05, 3.63) is 47.5 Å². The molecule has 1 aromatic carbocycles. The third kappa shape index (κ3) is 7.16. The monoisotopic (exact) mass is 392 g/mol. The summed E-state index contributed by atoms with van der Waals surface area (Å²) in [6.07, 6.45) is 25.7. The lowest BCUT2D eigenvalue weighted by molar-refractivity contribution is 0.423. The summed E-state index contributed by atoms with van der Waals surface area (Å²) >= 11 is 0. The van der Waals surface area contributed by atoms with E-state index >= 15 is 0 Å². The summed E-state index contributed by atoms with van der Waals surface area (Å²) in [7, 11) is 0. The molecule has 0 spiro atoms. The molecule has 0 saturated carbocycles. The first-order chi connectivity index (χ1) is 14.3. The second kappa shape index (κ2) is 12.4. The molecule has 1 aromatic rings. The molecule has 29 heavy (non-hydrogen) atoms. The number of allylic oxidation sites excluding steroid dienone is 4. The zero-order chi connectivity index (χ0) is 20.3. The average molecular weight is 393 g/mol. The van der Waals surface area contributed by atoms with Crippen LogP contribution in [0.5, 0.6) is 0 Å². The zero-order valence-electron chi connectivity index (χ0n) is 19.2. The Morgan fingerprint density at radius 2 is 1.14 bits per heavy atom. The molecule has 0 saturated heterocycles. The first-order valence-electron chi connectivity index (χ1n) is 12.8. The molecule has 0 amide bonds. The number of benzene rings is 1. The predicted octanol–water partition coefficient (Wildman–Crippen LogP) is 9.60. The quantitative estimate of drug-likeness (QED) is 0.329. The van der Waals surface area contributed by atoms with Gasteiger partial charge in [-0.3, -0.25) is 0 Å². The number of unbranched alkanes of at least 4 members (excludes halogenated alkanes) is 5. The van der Waals surface area contributed by atoms with E-state index in [9.17, 15) is 0 Å². The minimum atomic E-state index is 0.930. The fraction of sp³-hybridized carbons (Fsp3) is 0.655. The third-order valence-electron chi connectivity index (χ3n) is 7.33. The van der Waals surface area contributed by atoms with E-state index in [2.05, 4.69) is 50.3 Å². The summed E-state index contributed by atoms with van der Waals surface area (Å²) in [5.74, 6) is 1.87. The van der Waals surface area contributed by atoms with E-state index in [-0.39, 0.29) is 0 Å². The van der Waals surface area contributed by atoms with E-state index in [0.717, 1.165) is 11.8 Å². The van der Waals surface area contributed by atoms with Crippen molar-refractivity contribution in [2.45, 2.75) is 110 Å². The van der Waals surface area contributed by atoms with E-state index < -0.39 is 0 Å². The fourth-order valence-electron chi connectivity index (χ4n) is 5.35. The van der Waals surface area contributed by atoms with Crippen molar-refractivity contribution in [3.63, 3.8) is 0 Å². The molecule has 0 radical (unpaired) electrons. The molecule has 0 aromatic heterocycles. The Balaban J connectivity index is 1.44. The van der Waals surface area contributed by atoms with E-state index in [0.29, 0.717) is 0 Å². The minimum absolute atomic E-state index is 0.930. The molecular weight excluding hydrogens is 348 g/mol. The molecule has 2 atom stereocenters. The smallest absolute Gasteiger partial charge is 0.0227 e. The number of hydrogen-bond donors (Lipinski definition) is 0. The topological polar surface area (TPSA) is 0 Å². The van der Waals surface area contributed by atoms with Gasteiger partial charge in [0.05, 0.1) is 0 Å². The van der Waals surface area contributed by atoms with Crippen LogP contribution in [-0.4, -0.2) is 0 Å². The Morgan fingerprint density at radius 3 is 1.62 bits per heavy atom. The summed E-state index contributed by atoms with van der Waals surface area (Å²) in [5, 5.41) is 0. The molecule has 0 aliphatic heterocycles. The second-order valence-corrected chi connectivity index (χ2v) is 9.66. The van der Waals surface area contributed by atoms with E-state index in [1.54, 1.807) is 11.1 Å². The van der Waals surface area contributed by atoms with Crippen LogP contribution in [0.25, 0.3) is 11.1 Å². The zero-order valence-corrected chi connectivity index (χ0v) is 19.2. The summed E-state index contributed by atoms with van der Waals surface area (Å²) < 4.78 is 0. The molecule has 160 valence electrons. The van der Waals surface area contributed by atoms with Crippen molar-refractivity contribution in [3.8, 4) is 0 Å². The van der Waals surface area contributed by atoms with Gasteiger partial charge >= 0.3 is 0 Å². The highest BCUT2D eigenvalue weighted by Crippen LogP contribution is 2.35. The van der Waals surface area contributed by atoms with Crippen LogP contribution in [0.3, 0.4) is 0 Å². The third-order valence-corrected chi connectivity index (χ3v) is 7.33. The summed E-state index contributed by atoms with van der Waals surface area (Å²) in [6.45, 7) is 4.62. The highest BCUT2D eigenvalue weighted by molar-refractivity contribution is 5.71. The lowest BCUT2D eigenvalue weighted by Gasteiger charge is -2.23. The van der Waals surface area contributed by atoms with Gasteiger partial charge in [0.1, 0.15) is 0 Å². The number of rotatable bonds is 11. The number of hydrogen-bond acceptors (Lipinski definition) is 0. The minimum Gasteiger partial charge on any atom is -0.0804 e. The van der Waals surface area contributed by atoms with Crippen LogP contribution in [0, 0.1) is 11.8 Å². The standard InChI is InChI=1S/C29H44/c1-3-5-6-7-8-9-11-25-14-18-27(19-15-25)29-22-20-28(21-23-29)26-16-12-24(10-4-2)13-17-26/h16,18,20-25H,3-15,17,19H2,1-2H3. The van der Waals surface area contributed by atoms with Gasteiger partial charge in [0.25, 0.3) is 0 Å². The SMILES string of the molecule is CCCCCCCCC1CC=C(c2ccc(C3=CCC(CCC)CC3)cc2)CC1. The van der Waals surface area contributed by atoms with Crippen LogP contribution in [0.1, 0.15) is 121 Å². The van der Waals surface area contributed by atoms with Crippen molar-refractivity contribution in [1.29, 1.82) is 0 Å². The van der Waals surface area contributed by atoms with E-state index in [4.69, 9.17) is 0 Å². The van der Waals surface area contributed by atoms with Crippen molar-refractivity contribution >= 4 is 11.1 Å². The molecule has 0 N–H and O–H groups in total. The van der Waals surface area contributed by atoms with Gasteiger partial charge in [0.2, 0.25) is 0 Å². The Hall–Kier alpha value is -1.30. The second-order valence-electron chi connectivity index (χ2n) is 9.66. The maximum absolute atomic E-state index is 2.55. The maximum Gasteiger partial charge on any atom is -0.0227 e. The van der Waals surface area contributed by atoms with Gasteiger partial charge in [-0.15, -0.1) is 0 Å². The van der Waals surface area contributed by atoms with Crippen molar-refractivity contribution in [1.82, 2.24) is 0 Å². The maximum atomic E-state index is 2.55. The van der Waals surface area contributed by atoms with Gasteiger partial charge in [0, 0.05) is 0 Å². The molecule has 0 bridgehead atoms. The normalized spacial score (nSPS) is 22.3. The summed E-state index contributed by atoms with van der Waals surface area (Å²) in [4.78, 5) is 0. The fourth-order valence-corrected chi connectivity index (χ4v) is 5.35. The Bertz CT molecular complexity index is 645.